The molecule has 134 valence electrons. The number of nitrogens with one attached hydrogen (secondary N) is 1. The normalized spacial score (nSPS) is 23.2. The van der Waals surface area contributed by atoms with Gasteiger partial charge in [0.15, 0.2) is 0 Å². The van der Waals surface area contributed by atoms with Gasteiger partial charge < -0.3 is 10.4 Å². The number of hydrogen-bond acceptors (Lipinski definition) is 3. The van der Waals surface area contributed by atoms with Gasteiger partial charge in [-0.05, 0) is 23.3 Å². The fraction of sp³-hybridized carbons (Fsp3) is 0.650. The summed E-state index contributed by atoms with van der Waals surface area (Å²) in [7, 11) is 0. The molecule has 0 saturated carbocycles. The third kappa shape index (κ3) is 5.60. The van der Waals surface area contributed by atoms with E-state index in [4.69, 9.17) is 0 Å². The van der Waals surface area contributed by atoms with E-state index < -0.39 is 0 Å². The predicted molar refractivity (Wildman–Crippen MR) is 97.5 cm³/mol. The van der Waals surface area contributed by atoms with Crippen molar-refractivity contribution in [3.05, 3.63) is 35.9 Å². The Hall–Kier alpha value is -1.39. The summed E-state index contributed by atoms with van der Waals surface area (Å²) in [5, 5.41) is 13.1. The maximum atomic E-state index is 12.2. The van der Waals surface area contributed by atoms with Crippen LogP contribution < -0.4 is 5.32 Å². The highest BCUT2D eigenvalue weighted by Crippen LogP contribution is 2.28. The number of nitrogens with zero attached hydrogens (tertiary/aromatic N) is 1. The van der Waals surface area contributed by atoms with Crippen molar-refractivity contribution in [3.63, 3.8) is 0 Å². The van der Waals surface area contributed by atoms with Gasteiger partial charge in [0.25, 0.3) is 0 Å². The quantitative estimate of drug-likeness (QED) is 0.842. The molecular formula is C20H32N2O2. The Kier molecular flexibility index (Phi) is 6.41. The lowest BCUT2D eigenvalue weighted by atomic mass is 9.80. The molecule has 1 aliphatic heterocycles. The first-order valence-electron chi connectivity index (χ1n) is 8.98. The van der Waals surface area contributed by atoms with E-state index in [0.29, 0.717) is 25.4 Å². The smallest absolute Gasteiger partial charge is 0.220 e. The molecule has 1 heterocycles. The zero-order valence-corrected chi connectivity index (χ0v) is 15.5. The lowest BCUT2D eigenvalue weighted by Gasteiger charge is -2.28. The molecule has 2 N–H and O–H groups in total. The molecule has 3 unspecified atom stereocenters. The fourth-order valence-corrected chi connectivity index (χ4v) is 3.07. The second kappa shape index (κ2) is 8.13. The second-order valence-corrected chi connectivity index (χ2v) is 8.23. The molecule has 4 nitrogen and oxygen atoms in total. The van der Waals surface area contributed by atoms with Crippen LogP contribution in [0.15, 0.2) is 30.3 Å². The topological polar surface area (TPSA) is 52.6 Å². The maximum absolute atomic E-state index is 12.2. The van der Waals surface area contributed by atoms with Crippen LogP contribution in [0, 0.1) is 11.3 Å². The van der Waals surface area contributed by atoms with Crippen LogP contribution in [0.25, 0.3) is 0 Å². The Morgan fingerprint density at radius 3 is 2.62 bits per heavy atom. The van der Waals surface area contributed by atoms with Crippen molar-refractivity contribution in [2.75, 3.05) is 13.1 Å². The van der Waals surface area contributed by atoms with Gasteiger partial charge >= 0.3 is 0 Å². The van der Waals surface area contributed by atoms with Crippen LogP contribution in [0.2, 0.25) is 0 Å². The minimum atomic E-state index is -0.302. The molecule has 1 aromatic carbocycles. The monoisotopic (exact) mass is 332 g/mol. The molecule has 1 saturated heterocycles. The zero-order chi connectivity index (χ0) is 17.7. The van der Waals surface area contributed by atoms with Crippen LogP contribution in [-0.4, -0.2) is 41.1 Å². The first-order valence-corrected chi connectivity index (χ1v) is 8.98. The summed E-state index contributed by atoms with van der Waals surface area (Å²) < 4.78 is 0. The molecule has 4 heteroatoms. The van der Waals surface area contributed by atoms with Crippen molar-refractivity contribution in [1.29, 1.82) is 0 Å². The van der Waals surface area contributed by atoms with E-state index in [9.17, 15) is 9.90 Å². The van der Waals surface area contributed by atoms with Gasteiger partial charge in [-0.25, -0.2) is 0 Å². The lowest BCUT2D eigenvalue weighted by molar-refractivity contribution is -0.122. The molecule has 1 aliphatic rings. The number of hydrogen-bond donors (Lipinski definition) is 2. The van der Waals surface area contributed by atoms with Crippen LogP contribution in [0.5, 0.6) is 0 Å². The molecule has 0 radical (unpaired) electrons. The van der Waals surface area contributed by atoms with Crippen molar-refractivity contribution in [1.82, 2.24) is 10.2 Å². The summed E-state index contributed by atoms with van der Waals surface area (Å²) in [6.45, 7) is 10.7. The maximum Gasteiger partial charge on any atom is 0.220 e. The molecule has 24 heavy (non-hydrogen) atoms. The molecular weight excluding hydrogens is 300 g/mol. The first kappa shape index (κ1) is 18.9. The number of likely N-dealkylation sites (tertiary alicyclic amines) is 1. The molecule has 1 aromatic rings. The molecule has 0 bridgehead atoms. The Morgan fingerprint density at radius 2 is 2.00 bits per heavy atom. The number of aliphatic hydroxyl groups excluding tert-OH is 1. The highest BCUT2D eigenvalue weighted by molar-refractivity contribution is 5.76. The Balaban J connectivity index is 1.84. The average molecular weight is 332 g/mol. The van der Waals surface area contributed by atoms with Gasteiger partial charge in [0.05, 0.1) is 6.10 Å². The number of rotatable bonds is 6. The molecule has 3 atom stereocenters. The van der Waals surface area contributed by atoms with E-state index in [0.717, 1.165) is 13.0 Å². The van der Waals surface area contributed by atoms with Crippen molar-refractivity contribution in [2.45, 2.75) is 59.2 Å². The molecule has 2 rings (SSSR count). The summed E-state index contributed by atoms with van der Waals surface area (Å²) in [5.41, 5.74) is 1.38. The van der Waals surface area contributed by atoms with E-state index in [1.807, 2.05) is 18.2 Å². The molecule has 1 fully saturated rings. The summed E-state index contributed by atoms with van der Waals surface area (Å²) in [5.74, 6) is 0.450. The highest BCUT2D eigenvalue weighted by Gasteiger charge is 2.31. The lowest BCUT2D eigenvalue weighted by Crippen LogP contribution is -2.40. The minimum Gasteiger partial charge on any atom is -0.392 e. The van der Waals surface area contributed by atoms with Crippen molar-refractivity contribution in [3.8, 4) is 0 Å². The predicted octanol–water partition coefficient (Wildman–Crippen LogP) is 2.81. The molecule has 0 aromatic heterocycles. The number of benzene rings is 1. The van der Waals surface area contributed by atoms with Crippen LogP contribution >= 0.6 is 0 Å². The SMILES string of the molecule is CC(CC(=O)NCC1CC(O)CN1Cc1ccccc1)C(C)(C)C. The van der Waals surface area contributed by atoms with E-state index >= 15 is 0 Å². The standard InChI is InChI=1S/C20H32N2O2/c1-15(20(2,3)4)10-19(24)21-12-17-11-18(23)14-22(17)13-16-8-6-5-7-9-16/h5-9,15,17-18,23H,10-14H2,1-4H3,(H,21,24). The number of carbonyl (C=O) groups is 1. The first-order chi connectivity index (χ1) is 11.3. The van der Waals surface area contributed by atoms with Crippen LogP contribution in [0.4, 0.5) is 0 Å². The number of amides is 1. The summed E-state index contributed by atoms with van der Waals surface area (Å²) in [6.07, 6.45) is 0.975. The van der Waals surface area contributed by atoms with E-state index in [1.165, 1.54) is 5.56 Å². The minimum absolute atomic E-state index is 0.110. The van der Waals surface area contributed by atoms with Gasteiger partial charge in [0, 0.05) is 32.1 Å². The highest BCUT2D eigenvalue weighted by atomic mass is 16.3. The van der Waals surface area contributed by atoms with Gasteiger partial charge in [0.1, 0.15) is 0 Å². The second-order valence-electron chi connectivity index (χ2n) is 8.23. The van der Waals surface area contributed by atoms with Crippen LogP contribution in [0.3, 0.4) is 0 Å². The van der Waals surface area contributed by atoms with Gasteiger partial charge in [-0.2, -0.15) is 0 Å². The van der Waals surface area contributed by atoms with Crippen molar-refractivity contribution in [2.24, 2.45) is 11.3 Å². The van der Waals surface area contributed by atoms with Crippen molar-refractivity contribution >= 4 is 5.91 Å². The summed E-state index contributed by atoms with van der Waals surface area (Å²) in [4.78, 5) is 14.5. The van der Waals surface area contributed by atoms with Gasteiger partial charge in [0.2, 0.25) is 5.91 Å². The van der Waals surface area contributed by atoms with Crippen molar-refractivity contribution < 1.29 is 9.90 Å². The van der Waals surface area contributed by atoms with Gasteiger partial charge in [-0.15, -0.1) is 0 Å². The van der Waals surface area contributed by atoms with Crippen LogP contribution in [-0.2, 0) is 11.3 Å². The van der Waals surface area contributed by atoms with E-state index in [-0.39, 0.29) is 23.5 Å². The summed E-state index contributed by atoms with van der Waals surface area (Å²) >= 11 is 0. The van der Waals surface area contributed by atoms with Gasteiger partial charge in [-0.3, -0.25) is 9.69 Å². The van der Waals surface area contributed by atoms with Crippen LogP contribution in [0.1, 0.15) is 46.1 Å². The molecule has 1 amide bonds. The van der Waals surface area contributed by atoms with E-state index in [1.54, 1.807) is 0 Å². The number of β-amino-alcohol motifs (C(OH)–C–C–N with tert-alkyl or cyclic N) is 1. The van der Waals surface area contributed by atoms with Gasteiger partial charge in [-0.1, -0.05) is 58.0 Å². The third-order valence-electron chi connectivity index (χ3n) is 5.24. The number of carbonyl (C=O) groups excluding carboxylic acids is 1. The Labute approximate surface area is 146 Å². The number of aliphatic hydroxyl groups is 1. The third-order valence-corrected chi connectivity index (χ3v) is 5.24. The average Bonchev–Trinajstić information content (AvgIpc) is 2.85. The zero-order valence-electron chi connectivity index (χ0n) is 15.5. The largest absolute Gasteiger partial charge is 0.392 e. The summed E-state index contributed by atoms with van der Waals surface area (Å²) in [6, 6.07) is 10.5. The fourth-order valence-electron chi connectivity index (χ4n) is 3.07. The Bertz CT molecular complexity index is 524. The van der Waals surface area contributed by atoms with E-state index in [2.05, 4.69) is 50.0 Å². The Morgan fingerprint density at radius 1 is 1.33 bits per heavy atom. The molecule has 0 aliphatic carbocycles. The molecule has 0 spiro atoms.